The van der Waals surface area contributed by atoms with E-state index in [9.17, 15) is 19.1 Å². The minimum atomic E-state index is -0.818. The Morgan fingerprint density at radius 1 is 1.03 bits per heavy atom. The second kappa shape index (κ2) is 12.5. The summed E-state index contributed by atoms with van der Waals surface area (Å²) in [6.07, 6.45) is 2.54. The molecule has 2 aromatic rings. The number of nitrogens with zero attached hydrogens (tertiary/aromatic N) is 2. The lowest BCUT2D eigenvalue weighted by molar-refractivity contribution is -0.139. The Balaban J connectivity index is 2.09. The summed E-state index contributed by atoms with van der Waals surface area (Å²) >= 11 is 0. The number of Topliss-reactive ketones (excluding diaryl/α,β-unsaturated/α-hetero) is 1. The molecule has 1 amide bonds. The number of ether oxygens (including phenoxy) is 2. The predicted molar refractivity (Wildman–Crippen MR) is 137 cm³/mol. The zero-order valence-corrected chi connectivity index (χ0v) is 21.4. The predicted octanol–water partition coefficient (Wildman–Crippen LogP) is 4.78. The number of hydrogen-bond acceptors (Lipinski definition) is 6. The fraction of sp³-hybridized carbons (Fsp3) is 0.429. The van der Waals surface area contributed by atoms with E-state index in [2.05, 4.69) is 6.92 Å². The SMILES string of the molecule is CCCCOc1ccc(C2C(=C(O)c3ccc(F)cc3)C(=O)C(=O)N2CCCN(C)C)cc1OCC. The topological polar surface area (TPSA) is 79.3 Å². The third kappa shape index (κ3) is 6.23. The van der Waals surface area contributed by atoms with Crippen LogP contribution >= 0.6 is 0 Å². The zero-order valence-electron chi connectivity index (χ0n) is 21.4. The van der Waals surface area contributed by atoms with Gasteiger partial charge in [0.1, 0.15) is 11.6 Å². The van der Waals surface area contributed by atoms with Crippen molar-refractivity contribution < 1.29 is 28.6 Å². The van der Waals surface area contributed by atoms with Crippen molar-refractivity contribution in [1.82, 2.24) is 9.80 Å². The number of unbranched alkanes of at least 4 members (excludes halogenated alkanes) is 1. The van der Waals surface area contributed by atoms with Gasteiger partial charge in [0.25, 0.3) is 11.7 Å². The molecule has 0 spiro atoms. The molecular weight excluding hydrogens is 463 g/mol. The summed E-state index contributed by atoms with van der Waals surface area (Å²) in [6, 6.07) is 9.68. The van der Waals surface area contributed by atoms with E-state index in [1.54, 1.807) is 18.2 Å². The van der Waals surface area contributed by atoms with E-state index < -0.39 is 23.5 Å². The van der Waals surface area contributed by atoms with Crippen molar-refractivity contribution in [2.24, 2.45) is 0 Å². The van der Waals surface area contributed by atoms with Gasteiger partial charge in [0.15, 0.2) is 11.5 Å². The minimum absolute atomic E-state index is 0.0291. The summed E-state index contributed by atoms with van der Waals surface area (Å²) < 4.78 is 25.2. The lowest BCUT2D eigenvalue weighted by atomic mass is 9.95. The number of hydrogen-bond donors (Lipinski definition) is 1. The first-order chi connectivity index (χ1) is 17.3. The van der Waals surface area contributed by atoms with E-state index in [1.165, 1.54) is 29.2 Å². The van der Waals surface area contributed by atoms with E-state index in [4.69, 9.17) is 9.47 Å². The van der Waals surface area contributed by atoms with Crippen molar-refractivity contribution >= 4 is 17.4 Å². The highest BCUT2D eigenvalue weighted by Gasteiger charge is 2.46. The van der Waals surface area contributed by atoms with Crippen LogP contribution in [-0.2, 0) is 9.59 Å². The number of benzene rings is 2. The van der Waals surface area contributed by atoms with Crippen LogP contribution in [0.4, 0.5) is 4.39 Å². The van der Waals surface area contributed by atoms with E-state index in [-0.39, 0.29) is 16.9 Å². The largest absolute Gasteiger partial charge is 0.507 e. The fourth-order valence-electron chi connectivity index (χ4n) is 4.19. The second-order valence-corrected chi connectivity index (χ2v) is 9.00. The highest BCUT2D eigenvalue weighted by molar-refractivity contribution is 6.46. The third-order valence-corrected chi connectivity index (χ3v) is 6.00. The van der Waals surface area contributed by atoms with Gasteiger partial charge in [0.05, 0.1) is 24.8 Å². The molecule has 2 aromatic carbocycles. The van der Waals surface area contributed by atoms with Gasteiger partial charge >= 0.3 is 0 Å². The van der Waals surface area contributed by atoms with Crippen LogP contribution in [0, 0.1) is 5.82 Å². The maximum absolute atomic E-state index is 13.5. The highest BCUT2D eigenvalue weighted by Crippen LogP contribution is 2.42. The monoisotopic (exact) mass is 498 g/mol. The Hall–Kier alpha value is -3.39. The molecule has 1 saturated heterocycles. The highest BCUT2D eigenvalue weighted by atomic mass is 19.1. The van der Waals surface area contributed by atoms with E-state index in [1.807, 2.05) is 25.9 Å². The van der Waals surface area contributed by atoms with Crippen molar-refractivity contribution in [3.63, 3.8) is 0 Å². The van der Waals surface area contributed by atoms with Crippen molar-refractivity contribution in [2.45, 2.75) is 39.2 Å². The van der Waals surface area contributed by atoms with Crippen molar-refractivity contribution in [2.75, 3.05) is 40.4 Å². The summed E-state index contributed by atoms with van der Waals surface area (Å²) in [7, 11) is 3.87. The van der Waals surface area contributed by atoms with Crippen LogP contribution in [0.5, 0.6) is 11.5 Å². The van der Waals surface area contributed by atoms with Crippen molar-refractivity contribution in [3.8, 4) is 11.5 Å². The van der Waals surface area contributed by atoms with Gasteiger partial charge in [-0.05, 0) is 82.4 Å². The lowest BCUT2D eigenvalue weighted by Crippen LogP contribution is -2.32. The van der Waals surface area contributed by atoms with Crippen LogP contribution in [0.25, 0.3) is 5.76 Å². The Morgan fingerprint density at radius 3 is 2.39 bits per heavy atom. The van der Waals surface area contributed by atoms with Gasteiger partial charge in [-0.1, -0.05) is 19.4 Å². The summed E-state index contributed by atoms with van der Waals surface area (Å²) in [5, 5.41) is 11.1. The third-order valence-electron chi connectivity index (χ3n) is 6.00. The molecule has 0 radical (unpaired) electrons. The summed E-state index contributed by atoms with van der Waals surface area (Å²) in [4.78, 5) is 29.8. The molecule has 1 atom stereocenters. The minimum Gasteiger partial charge on any atom is -0.507 e. The number of carbonyl (C=O) groups excluding carboxylic acids is 2. The molecular formula is C28H35FN2O5. The molecule has 0 bridgehead atoms. The smallest absolute Gasteiger partial charge is 0.295 e. The Morgan fingerprint density at radius 2 is 1.75 bits per heavy atom. The van der Waals surface area contributed by atoms with Crippen LogP contribution in [0.2, 0.25) is 0 Å². The van der Waals surface area contributed by atoms with Crippen molar-refractivity contribution in [3.05, 3.63) is 65.0 Å². The Kier molecular flexibility index (Phi) is 9.47. The standard InChI is InChI=1S/C28H35FN2O5/c1-5-7-17-36-22-14-11-20(18-23(22)35-6-2)25-24(26(32)19-9-12-21(29)13-10-19)27(33)28(34)31(25)16-8-15-30(3)4/h9-14,18,25,32H,5-8,15-17H2,1-4H3. The Bertz CT molecular complexity index is 1100. The molecule has 0 aromatic heterocycles. The first-order valence-corrected chi connectivity index (χ1v) is 12.4. The van der Waals surface area contributed by atoms with E-state index >= 15 is 0 Å². The molecule has 0 aliphatic carbocycles. The molecule has 1 aliphatic rings. The maximum atomic E-state index is 13.5. The summed E-state index contributed by atoms with van der Waals surface area (Å²) in [6.45, 7) is 5.95. The molecule has 3 rings (SSSR count). The summed E-state index contributed by atoms with van der Waals surface area (Å²) in [5.74, 6) is -1.16. The number of carbonyl (C=O) groups is 2. The molecule has 1 heterocycles. The molecule has 8 heteroatoms. The first kappa shape index (κ1) is 27.2. The number of likely N-dealkylation sites (tertiary alicyclic amines) is 1. The number of rotatable bonds is 12. The normalized spacial score (nSPS) is 17.2. The molecule has 1 aliphatic heterocycles. The Labute approximate surface area is 212 Å². The molecule has 194 valence electrons. The number of halogens is 1. The molecule has 0 saturated carbocycles. The second-order valence-electron chi connectivity index (χ2n) is 9.00. The molecule has 1 fully saturated rings. The first-order valence-electron chi connectivity index (χ1n) is 12.4. The van der Waals surface area contributed by atoms with Crippen LogP contribution in [0.15, 0.2) is 48.0 Å². The lowest BCUT2D eigenvalue weighted by Gasteiger charge is -2.26. The number of ketones is 1. The fourth-order valence-corrected chi connectivity index (χ4v) is 4.19. The van der Waals surface area contributed by atoms with Crippen LogP contribution in [-0.4, -0.2) is 67.0 Å². The number of aliphatic hydroxyl groups is 1. The summed E-state index contributed by atoms with van der Waals surface area (Å²) in [5.41, 5.74) is 0.852. The van der Waals surface area contributed by atoms with E-state index in [0.29, 0.717) is 43.2 Å². The van der Waals surface area contributed by atoms with Crippen molar-refractivity contribution in [1.29, 1.82) is 0 Å². The van der Waals surface area contributed by atoms with Gasteiger partial charge in [-0.2, -0.15) is 0 Å². The number of aliphatic hydroxyl groups excluding tert-OH is 1. The van der Waals surface area contributed by atoms with Gasteiger partial charge < -0.3 is 24.4 Å². The molecule has 1 unspecified atom stereocenters. The van der Waals surface area contributed by atoms with Gasteiger partial charge in [-0.3, -0.25) is 9.59 Å². The van der Waals surface area contributed by atoms with Gasteiger partial charge in [0.2, 0.25) is 0 Å². The molecule has 36 heavy (non-hydrogen) atoms. The van der Waals surface area contributed by atoms with Gasteiger partial charge in [0, 0.05) is 12.1 Å². The average molecular weight is 499 g/mol. The van der Waals surface area contributed by atoms with Gasteiger partial charge in [-0.25, -0.2) is 4.39 Å². The maximum Gasteiger partial charge on any atom is 0.295 e. The van der Waals surface area contributed by atoms with Crippen LogP contribution in [0.3, 0.4) is 0 Å². The van der Waals surface area contributed by atoms with E-state index in [0.717, 1.165) is 19.4 Å². The van der Waals surface area contributed by atoms with Gasteiger partial charge in [-0.15, -0.1) is 0 Å². The average Bonchev–Trinajstić information content (AvgIpc) is 3.10. The van der Waals surface area contributed by atoms with Crippen LogP contribution < -0.4 is 9.47 Å². The number of amides is 1. The molecule has 1 N–H and O–H groups in total. The quantitative estimate of drug-likeness (QED) is 0.196. The zero-order chi connectivity index (χ0) is 26.2. The molecule has 7 nitrogen and oxygen atoms in total. The van der Waals surface area contributed by atoms with Crippen LogP contribution in [0.1, 0.15) is 50.3 Å².